The highest BCUT2D eigenvalue weighted by Crippen LogP contribution is 2.27. The van der Waals surface area contributed by atoms with Gasteiger partial charge in [0.1, 0.15) is 23.7 Å². The van der Waals surface area contributed by atoms with E-state index in [0.717, 1.165) is 16.8 Å². The first-order valence-electron chi connectivity index (χ1n) is 9.33. The minimum Gasteiger partial charge on any atom is -0.490 e. The number of rotatable bonds is 10. The second kappa shape index (κ2) is 9.79. The smallest absolute Gasteiger partial charge is 0.232 e. The van der Waals surface area contributed by atoms with Crippen molar-refractivity contribution in [2.75, 3.05) is 30.8 Å². The lowest BCUT2D eigenvalue weighted by Crippen LogP contribution is -2.18. The highest BCUT2D eigenvalue weighted by Gasteiger charge is 2.20. The monoisotopic (exact) mass is 453 g/mol. The highest BCUT2D eigenvalue weighted by molar-refractivity contribution is 7.92. The van der Waals surface area contributed by atoms with Gasteiger partial charge in [-0.05, 0) is 24.6 Å². The lowest BCUT2D eigenvalue weighted by atomic mass is 10.2. The van der Waals surface area contributed by atoms with E-state index >= 15 is 0 Å². The number of hydrogen-bond acceptors (Lipinski definition) is 7. The summed E-state index contributed by atoms with van der Waals surface area (Å²) in [5.74, 6) is -1.76. The van der Waals surface area contributed by atoms with Crippen LogP contribution < -0.4 is 9.46 Å². The Bertz CT molecular complexity index is 1150. The van der Waals surface area contributed by atoms with Gasteiger partial charge in [-0.2, -0.15) is 0 Å². The number of sulfonamides is 1. The van der Waals surface area contributed by atoms with Crippen LogP contribution in [-0.2, 0) is 14.8 Å². The Kier molecular flexibility index (Phi) is 7.13. The normalized spacial score (nSPS) is 11.5. The molecule has 0 radical (unpaired) electrons. The van der Waals surface area contributed by atoms with Gasteiger partial charge in [0.2, 0.25) is 10.0 Å². The van der Waals surface area contributed by atoms with Crippen LogP contribution in [0.5, 0.6) is 5.75 Å². The Morgan fingerprint density at radius 3 is 2.74 bits per heavy atom. The first kappa shape index (κ1) is 22.6. The molecule has 0 saturated heterocycles. The number of methoxy groups -OCH3 is 1. The van der Waals surface area contributed by atoms with Gasteiger partial charge < -0.3 is 9.47 Å². The maximum absolute atomic E-state index is 14.9. The minimum absolute atomic E-state index is 0.192. The zero-order valence-corrected chi connectivity index (χ0v) is 17.7. The van der Waals surface area contributed by atoms with Crippen LogP contribution in [0.25, 0.3) is 16.9 Å². The fourth-order valence-electron chi connectivity index (χ4n) is 2.70. The minimum atomic E-state index is -3.76. The van der Waals surface area contributed by atoms with Crippen molar-refractivity contribution < 1.29 is 26.7 Å². The molecule has 2 heterocycles. The molecule has 12 heteroatoms. The molecule has 31 heavy (non-hydrogen) atoms. The third-order valence-electron chi connectivity index (χ3n) is 4.09. The van der Waals surface area contributed by atoms with E-state index in [1.165, 1.54) is 18.6 Å². The number of pyridine rings is 1. The van der Waals surface area contributed by atoms with E-state index in [2.05, 4.69) is 20.0 Å². The van der Waals surface area contributed by atoms with Gasteiger partial charge in [-0.25, -0.2) is 21.9 Å². The van der Waals surface area contributed by atoms with Crippen LogP contribution in [-0.4, -0.2) is 54.5 Å². The molecule has 0 saturated carbocycles. The molecule has 0 fully saturated rings. The van der Waals surface area contributed by atoms with Crippen molar-refractivity contribution in [1.29, 1.82) is 0 Å². The lowest BCUT2D eigenvalue weighted by molar-refractivity contribution is 0.146. The molecule has 2 aromatic heterocycles. The van der Waals surface area contributed by atoms with Crippen LogP contribution in [0.2, 0.25) is 0 Å². The maximum Gasteiger partial charge on any atom is 0.232 e. The van der Waals surface area contributed by atoms with E-state index in [1.807, 2.05) is 0 Å². The molecule has 0 amide bonds. The Morgan fingerprint density at radius 2 is 2.00 bits per heavy atom. The van der Waals surface area contributed by atoms with Crippen molar-refractivity contribution in [3.05, 3.63) is 48.4 Å². The molecule has 0 aliphatic heterocycles. The van der Waals surface area contributed by atoms with Crippen LogP contribution in [0.4, 0.5) is 14.5 Å². The highest BCUT2D eigenvalue weighted by atomic mass is 32.2. The average Bonchev–Trinajstić information content (AvgIpc) is 3.20. The van der Waals surface area contributed by atoms with Gasteiger partial charge in [0, 0.05) is 18.9 Å². The largest absolute Gasteiger partial charge is 0.490 e. The third-order valence-corrected chi connectivity index (χ3v) is 5.57. The molecule has 3 aromatic rings. The van der Waals surface area contributed by atoms with Gasteiger partial charge in [-0.1, -0.05) is 12.1 Å². The number of nitrogens with one attached hydrogen (secondary N) is 1. The summed E-state index contributed by atoms with van der Waals surface area (Å²) < 4.78 is 66.7. The first-order valence-corrected chi connectivity index (χ1v) is 11.0. The average molecular weight is 453 g/mol. The molecule has 0 atom stereocenters. The van der Waals surface area contributed by atoms with E-state index in [4.69, 9.17) is 9.47 Å². The number of halogens is 2. The summed E-state index contributed by atoms with van der Waals surface area (Å²) in [5, 5.41) is 7.72. The number of nitrogens with zero attached hydrogens (tertiary/aromatic N) is 4. The molecule has 166 valence electrons. The number of aromatic nitrogens is 4. The summed E-state index contributed by atoms with van der Waals surface area (Å²) in [6, 6.07) is 3.62. The number of ether oxygens (including phenoxy) is 2. The molecular weight excluding hydrogens is 432 g/mol. The molecular formula is C19H21F2N5O4S. The molecule has 0 bridgehead atoms. The predicted octanol–water partition coefficient (Wildman–Crippen LogP) is 2.78. The van der Waals surface area contributed by atoms with E-state index in [-0.39, 0.29) is 11.4 Å². The molecule has 0 spiro atoms. The SMILES string of the molecule is CCCS(=O)(=O)Nc1ccc(F)c(-n2cc(-c3cncc(OCCOC)c3)nn2)c1F. The molecule has 1 N–H and O–H groups in total. The zero-order chi connectivity index (χ0) is 22.4. The summed E-state index contributed by atoms with van der Waals surface area (Å²) in [6.45, 7) is 2.40. The van der Waals surface area contributed by atoms with Crippen LogP contribution in [0.15, 0.2) is 36.8 Å². The van der Waals surface area contributed by atoms with Crippen molar-refractivity contribution >= 4 is 15.7 Å². The van der Waals surface area contributed by atoms with Gasteiger partial charge in [-0.3, -0.25) is 9.71 Å². The number of anilines is 1. The topological polar surface area (TPSA) is 108 Å². The van der Waals surface area contributed by atoms with Gasteiger partial charge in [0.05, 0.1) is 30.4 Å². The Labute approximate surface area is 178 Å². The second-order valence-corrected chi connectivity index (χ2v) is 8.32. The molecule has 1 aromatic carbocycles. The quantitative estimate of drug-likeness (QED) is 0.470. The lowest BCUT2D eigenvalue weighted by Gasteiger charge is -2.11. The molecule has 0 aliphatic carbocycles. The van der Waals surface area contributed by atoms with Crippen LogP contribution >= 0.6 is 0 Å². The summed E-state index contributed by atoms with van der Waals surface area (Å²) in [7, 11) is -2.21. The fraction of sp³-hybridized carbons (Fsp3) is 0.316. The Morgan fingerprint density at radius 1 is 1.19 bits per heavy atom. The van der Waals surface area contributed by atoms with Gasteiger partial charge in [0.25, 0.3) is 0 Å². The van der Waals surface area contributed by atoms with E-state index in [1.54, 1.807) is 20.1 Å². The number of benzene rings is 1. The fourth-order valence-corrected chi connectivity index (χ4v) is 3.84. The summed E-state index contributed by atoms with van der Waals surface area (Å²) in [6.07, 6.45) is 4.66. The molecule has 0 aliphatic rings. The standard InChI is InChI=1S/C19H21F2N5O4S/c1-3-8-31(27,28)24-16-5-4-15(20)19(18(16)21)26-12-17(23-25-26)13-9-14(11-22-10-13)30-7-6-29-2/h4-5,9-12,24H,3,6-8H2,1-2H3. The summed E-state index contributed by atoms with van der Waals surface area (Å²) in [5.41, 5.74) is -0.129. The maximum atomic E-state index is 14.9. The van der Waals surface area contributed by atoms with Crippen LogP contribution in [0.3, 0.4) is 0 Å². The second-order valence-electron chi connectivity index (χ2n) is 6.48. The van der Waals surface area contributed by atoms with Gasteiger partial charge in [0.15, 0.2) is 11.6 Å². The van der Waals surface area contributed by atoms with Crippen molar-refractivity contribution in [2.24, 2.45) is 0 Å². The molecule has 9 nitrogen and oxygen atoms in total. The Hall–Kier alpha value is -3.12. The molecule has 3 rings (SSSR count). The van der Waals surface area contributed by atoms with E-state index in [9.17, 15) is 17.2 Å². The van der Waals surface area contributed by atoms with Crippen LogP contribution in [0.1, 0.15) is 13.3 Å². The van der Waals surface area contributed by atoms with Crippen molar-refractivity contribution in [3.8, 4) is 22.7 Å². The van der Waals surface area contributed by atoms with Crippen molar-refractivity contribution in [3.63, 3.8) is 0 Å². The summed E-state index contributed by atoms with van der Waals surface area (Å²) in [4.78, 5) is 4.06. The summed E-state index contributed by atoms with van der Waals surface area (Å²) >= 11 is 0. The molecule has 0 unspecified atom stereocenters. The first-order chi connectivity index (χ1) is 14.8. The Balaban J connectivity index is 1.90. The van der Waals surface area contributed by atoms with E-state index in [0.29, 0.717) is 36.6 Å². The third kappa shape index (κ3) is 5.52. The van der Waals surface area contributed by atoms with Gasteiger partial charge >= 0.3 is 0 Å². The zero-order valence-electron chi connectivity index (χ0n) is 16.9. The number of hydrogen-bond donors (Lipinski definition) is 1. The predicted molar refractivity (Wildman–Crippen MR) is 110 cm³/mol. The van der Waals surface area contributed by atoms with Gasteiger partial charge in [-0.15, -0.1) is 5.10 Å². The van der Waals surface area contributed by atoms with Crippen LogP contribution in [0, 0.1) is 11.6 Å². The van der Waals surface area contributed by atoms with Crippen molar-refractivity contribution in [1.82, 2.24) is 20.0 Å². The van der Waals surface area contributed by atoms with E-state index < -0.39 is 27.3 Å². The van der Waals surface area contributed by atoms with Crippen molar-refractivity contribution in [2.45, 2.75) is 13.3 Å².